The van der Waals surface area contributed by atoms with E-state index >= 15 is 0 Å². The Hall–Kier alpha value is -2.01. The van der Waals surface area contributed by atoms with Crippen LogP contribution in [0.5, 0.6) is 11.5 Å². The van der Waals surface area contributed by atoms with E-state index < -0.39 is 0 Å². The monoisotopic (exact) mass is 277 g/mol. The maximum absolute atomic E-state index is 11.8. The number of carbonyl (C=O) groups is 1. The summed E-state index contributed by atoms with van der Waals surface area (Å²) in [6, 6.07) is 7.34. The summed E-state index contributed by atoms with van der Waals surface area (Å²) in [5.74, 6) is 1.33. The zero-order chi connectivity index (χ0) is 13.7. The first-order valence-electron chi connectivity index (χ1n) is 5.75. The smallest absolute Gasteiger partial charge is 0.252 e. The van der Waals surface area contributed by atoms with Crippen LogP contribution in [0.1, 0.15) is 15.9 Å². The first kappa shape index (κ1) is 13.4. The standard InChI is InChI=1S/C14H15NO3S/c1-17-12-5-10(6-13(7-12)18-2)8-15-14(16)11-3-4-19-9-11/h3-7,9H,8H2,1-2H3,(H,15,16). The van der Waals surface area contributed by atoms with Crippen LogP contribution in [0.2, 0.25) is 0 Å². The van der Waals surface area contributed by atoms with E-state index in [0.29, 0.717) is 23.6 Å². The predicted molar refractivity (Wildman–Crippen MR) is 75.0 cm³/mol. The highest BCUT2D eigenvalue weighted by Gasteiger charge is 2.07. The Kier molecular flexibility index (Phi) is 4.41. The molecule has 0 saturated carbocycles. The molecule has 1 aromatic heterocycles. The maximum atomic E-state index is 11.8. The van der Waals surface area contributed by atoms with Crippen molar-refractivity contribution in [3.05, 3.63) is 46.2 Å². The van der Waals surface area contributed by atoms with Gasteiger partial charge in [0.2, 0.25) is 0 Å². The zero-order valence-corrected chi connectivity index (χ0v) is 11.6. The molecule has 0 bridgehead atoms. The van der Waals surface area contributed by atoms with Crippen LogP contribution >= 0.6 is 11.3 Å². The molecule has 2 aromatic rings. The summed E-state index contributed by atoms with van der Waals surface area (Å²) >= 11 is 1.50. The van der Waals surface area contributed by atoms with Crippen LogP contribution in [0.15, 0.2) is 35.0 Å². The van der Waals surface area contributed by atoms with E-state index in [4.69, 9.17) is 9.47 Å². The first-order valence-corrected chi connectivity index (χ1v) is 6.69. The van der Waals surface area contributed by atoms with Crippen molar-refractivity contribution in [2.45, 2.75) is 6.54 Å². The quantitative estimate of drug-likeness (QED) is 0.914. The summed E-state index contributed by atoms with van der Waals surface area (Å²) in [5.41, 5.74) is 1.61. The molecule has 1 heterocycles. The van der Waals surface area contributed by atoms with Gasteiger partial charge in [-0.1, -0.05) is 0 Å². The second-order valence-electron chi connectivity index (χ2n) is 3.92. The zero-order valence-electron chi connectivity index (χ0n) is 10.8. The Bertz CT molecular complexity index is 530. The highest BCUT2D eigenvalue weighted by atomic mass is 32.1. The molecule has 0 aliphatic carbocycles. The minimum atomic E-state index is -0.0805. The molecule has 0 radical (unpaired) electrons. The van der Waals surface area contributed by atoms with Crippen molar-refractivity contribution in [3.8, 4) is 11.5 Å². The van der Waals surface area contributed by atoms with Crippen molar-refractivity contribution >= 4 is 17.2 Å². The number of hydrogen-bond acceptors (Lipinski definition) is 4. The van der Waals surface area contributed by atoms with Crippen molar-refractivity contribution in [2.75, 3.05) is 14.2 Å². The van der Waals surface area contributed by atoms with E-state index in [1.165, 1.54) is 11.3 Å². The molecule has 0 aliphatic rings. The van der Waals surface area contributed by atoms with Crippen LogP contribution in [0.4, 0.5) is 0 Å². The number of methoxy groups -OCH3 is 2. The van der Waals surface area contributed by atoms with Gasteiger partial charge >= 0.3 is 0 Å². The molecule has 0 atom stereocenters. The summed E-state index contributed by atoms with van der Waals surface area (Å²) < 4.78 is 10.4. The van der Waals surface area contributed by atoms with E-state index in [1.54, 1.807) is 26.4 Å². The normalized spacial score (nSPS) is 10.0. The molecule has 0 spiro atoms. The van der Waals surface area contributed by atoms with Gasteiger partial charge in [-0.05, 0) is 29.1 Å². The number of benzene rings is 1. The summed E-state index contributed by atoms with van der Waals surface area (Å²) in [6.07, 6.45) is 0. The molecule has 1 amide bonds. The van der Waals surface area contributed by atoms with E-state index in [-0.39, 0.29) is 5.91 Å². The van der Waals surface area contributed by atoms with E-state index in [2.05, 4.69) is 5.32 Å². The molecule has 2 rings (SSSR count). The molecule has 19 heavy (non-hydrogen) atoms. The molecule has 0 saturated heterocycles. The van der Waals surface area contributed by atoms with Crippen LogP contribution in [0, 0.1) is 0 Å². The lowest BCUT2D eigenvalue weighted by molar-refractivity contribution is 0.0951. The van der Waals surface area contributed by atoms with Crippen molar-refractivity contribution in [3.63, 3.8) is 0 Å². The van der Waals surface area contributed by atoms with Crippen LogP contribution in [-0.2, 0) is 6.54 Å². The molecule has 0 unspecified atom stereocenters. The molecule has 1 N–H and O–H groups in total. The van der Waals surface area contributed by atoms with Crippen molar-refractivity contribution in [1.82, 2.24) is 5.32 Å². The van der Waals surface area contributed by atoms with Crippen LogP contribution < -0.4 is 14.8 Å². The third-order valence-electron chi connectivity index (χ3n) is 2.65. The largest absolute Gasteiger partial charge is 0.497 e. The fourth-order valence-electron chi connectivity index (χ4n) is 1.65. The van der Waals surface area contributed by atoms with E-state index in [9.17, 15) is 4.79 Å². The van der Waals surface area contributed by atoms with Gasteiger partial charge in [0, 0.05) is 23.6 Å². The van der Waals surface area contributed by atoms with Gasteiger partial charge in [-0.2, -0.15) is 11.3 Å². The molecule has 4 nitrogen and oxygen atoms in total. The Morgan fingerprint density at radius 3 is 2.42 bits per heavy atom. The van der Waals surface area contributed by atoms with Crippen LogP contribution in [0.25, 0.3) is 0 Å². The van der Waals surface area contributed by atoms with E-state index in [0.717, 1.165) is 5.56 Å². The maximum Gasteiger partial charge on any atom is 0.252 e. The Balaban J connectivity index is 2.04. The fourth-order valence-corrected chi connectivity index (χ4v) is 2.28. The number of thiophene rings is 1. The Labute approximate surface area is 116 Å². The first-order chi connectivity index (χ1) is 9.22. The van der Waals surface area contributed by atoms with Gasteiger partial charge in [0.15, 0.2) is 0 Å². The van der Waals surface area contributed by atoms with Crippen molar-refractivity contribution in [2.24, 2.45) is 0 Å². The molecular weight excluding hydrogens is 262 g/mol. The van der Waals surface area contributed by atoms with E-state index in [1.807, 2.05) is 22.9 Å². The molecule has 1 aromatic carbocycles. The number of carbonyl (C=O) groups excluding carboxylic acids is 1. The van der Waals surface area contributed by atoms with Crippen LogP contribution in [-0.4, -0.2) is 20.1 Å². The molecule has 5 heteroatoms. The van der Waals surface area contributed by atoms with Gasteiger partial charge in [0.1, 0.15) is 11.5 Å². The number of hydrogen-bond donors (Lipinski definition) is 1. The minimum absolute atomic E-state index is 0.0805. The third-order valence-corrected chi connectivity index (χ3v) is 3.33. The molecule has 0 aliphatic heterocycles. The van der Waals surface area contributed by atoms with Crippen molar-refractivity contribution < 1.29 is 14.3 Å². The lowest BCUT2D eigenvalue weighted by atomic mass is 10.2. The van der Waals surface area contributed by atoms with Gasteiger partial charge in [-0.15, -0.1) is 0 Å². The predicted octanol–water partition coefficient (Wildman–Crippen LogP) is 2.70. The third kappa shape index (κ3) is 3.48. The van der Waals surface area contributed by atoms with Crippen molar-refractivity contribution in [1.29, 1.82) is 0 Å². The summed E-state index contributed by atoms with van der Waals surface area (Å²) in [7, 11) is 3.20. The lowest BCUT2D eigenvalue weighted by Gasteiger charge is -2.09. The minimum Gasteiger partial charge on any atom is -0.497 e. The average molecular weight is 277 g/mol. The fraction of sp³-hybridized carbons (Fsp3) is 0.214. The lowest BCUT2D eigenvalue weighted by Crippen LogP contribution is -2.22. The molecule has 0 fully saturated rings. The number of nitrogens with one attached hydrogen (secondary N) is 1. The van der Waals surface area contributed by atoms with Gasteiger partial charge in [0.25, 0.3) is 5.91 Å². The Morgan fingerprint density at radius 2 is 1.89 bits per heavy atom. The second-order valence-corrected chi connectivity index (χ2v) is 4.70. The number of rotatable bonds is 5. The topological polar surface area (TPSA) is 47.6 Å². The average Bonchev–Trinajstić information content (AvgIpc) is 2.98. The summed E-state index contributed by atoms with van der Waals surface area (Å²) in [6.45, 7) is 0.433. The molecule has 100 valence electrons. The molecular formula is C14H15NO3S. The highest BCUT2D eigenvalue weighted by Crippen LogP contribution is 2.22. The Morgan fingerprint density at radius 1 is 1.21 bits per heavy atom. The highest BCUT2D eigenvalue weighted by molar-refractivity contribution is 7.08. The van der Waals surface area contributed by atoms with Gasteiger partial charge < -0.3 is 14.8 Å². The number of amides is 1. The summed E-state index contributed by atoms with van der Waals surface area (Å²) in [4.78, 5) is 11.8. The SMILES string of the molecule is COc1cc(CNC(=O)c2ccsc2)cc(OC)c1. The van der Waals surface area contributed by atoms with Gasteiger partial charge in [0.05, 0.1) is 14.2 Å². The van der Waals surface area contributed by atoms with Crippen LogP contribution in [0.3, 0.4) is 0 Å². The van der Waals surface area contributed by atoms with Gasteiger partial charge in [-0.25, -0.2) is 0 Å². The second kappa shape index (κ2) is 6.24. The number of ether oxygens (including phenoxy) is 2. The summed E-state index contributed by atoms with van der Waals surface area (Å²) in [5, 5.41) is 6.56. The van der Waals surface area contributed by atoms with Gasteiger partial charge in [-0.3, -0.25) is 4.79 Å².